The van der Waals surface area contributed by atoms with Gasteiger partial charge in [-0.3, -0.25) is 9.69 Å². The molecule has 0 saturated heterocycles. The highest BCUT2D eigenvalue weighted by Gasteiger charge is 2.33. The minimum absolute atomic E-state index is 0.101. The van der Waals surface area contributed by atoms with Crippen LogP contribution in [0, 0.1) is 0 Å². The molecule has 1 heterocycles. The maximum Gasteiger partial charge on any atom is 0.225 e. The van der Waals surface area contributed by atoms with Crippen molar-refractivity contribution in [2.45, 2.75) is 76.6 Å². The summed E-state index contributed by atoms with van der Waals surface area (Å²) >= 11 is 1.57. The second kappa shape index (κ2) is 7.73. The molecule has 0 bridgehead atoms. The Kier molecular flexibility index (Phi) is 5.67. The van der Waals surface area contributed by atoms with Crippen molar-refractivity contribution in [1.29, 1.82) is 0 Å². The van der Waals surface area contributed by atoms with Gasteiger partial charge in [-0.25, -0.2) is 4.98 Å². The quantitative estimate of drug-likeness (QED) is 0.811. The van der Waals surface area contributed by atoms with Gasteiger partial charge in [0, 0.05) is 38.0 Å². The van der Waals surface area contributed by atoms with Crippen LogP contribution in [0.15, 0.2) is 5.38 Å². The fraction of sp³-hybridized carbons (Fsp3) is 0.765. The monoisotopic (exact) mass is 337 g/mol. The van der Waals surface area contributed by atoms with E-state index in [9.17, 15) is 4.79 Å². The van der Waals surface area contributed by atoms with Gasteiger partial charge in [0.15, 0.2) is 5.13 Å². The SMILES string of the molecule is COC1CCCCCC1NCc1csc(N(C(C)=O)C2CC2)n1. The lowest BCUT2D eigenvalue weighted by atomic mass is 10.1. The highest BCUT2D eigenvalue weighted by molar-refractivity contribution is 7.14. The predicted molar refractivity (Wildman–Crippen MR) is 92.8 cm³/mol. The Morgan fingerprint density at radius 3 is 2.83 bits per heavy atom. The van der Waals surface area contributed by atoms with E-state index in [2.05, 4.69) is 15.7 Å². The summed E-state index contributed by atoms with van der Waals surface area (Å²) in [6, 6.07) is 0.777. The molecule has 3 rings (SSSR count). The summed E-state index contributed by atoms with van der Waals surface area (Å²) in [5.41, 5.74) is 1.02. The summed E-state index contributed by atoms with van der Waals surface area (Å²) in [4.78, 5) is 18.4. The third-order valence-electron chi connectivity index (χ3n) is 4.80. The van der Waals surface area contributed by atoms with Crippen LogP contribution >= 0.6 is 11.3 Å². The number of anilines is 1. The molecular weight excluding hydrogens is 310 g/mol. The number of ether oxygens (including phenoxy) is 1. The third kappa shape index (κ3) is 4.31. The molecule has 2 aliphatic carbocycles. The molecule has 2 saturated carbocycles. The number of nitrogens with zero attached hydrogens (tertiary/aromatic N) is 2. The number of carbonyl (C=O) groups excluding carboxylic acids is 1. The minimum atomic E-state index is 0.101. The first kappa shape index (κ1) is 16.9. The number of amides is 1. The lowest BCUT2D eigenvalue weighted by Gasteiger charge is -2.24. The zero-order valence-corrected chi connectivity index (χ0v) is 14.9. The van der Waals surface area contributed by atoms with Crippen LogP contribution in [-0.2, 0) is 16.1 Å². The van der Waals surface area contributed by atoms with E-state index in [1.165, 1.54) is 19.3 Å². The Morgan fingerprint density at radius 1 is 1.35 bits per heavy atom. The van der Waals surface area contributed by atoms with E-state index < -0.39 is 0 Å². The van der Waals surface area contributed by atoms with Crippen molar-refractivity contribution in [3.05, 3.63) is 11.1 Å². The van der Waals surface area contributed by atoms with Crippen molar-refractivity contribution in [3.8, 4) is 0 Å². The third-order valence-corrected chi connectivity index (χ3v) is 5.69. The highest BCUT2D eigenvalue weighted by atomic mass is 32.1. The molecule has 0 aliphatic heterocycles. The van der Waals surface area contributed by atoms with Crippen LogP contribution in [0.1, 0.15) is 57.6 Å². The molecule has 2 fully saturated rings. The first-order valence-corrected chi connectivity index (χ1v) is 9.57. The normalized spacial score (nSPS) is 25.1. The van der Waals surface area contributed by atoms with Gasteiger partial charge in [-0.2, -0.15) is 0 Å². The van der Waals surface area contributed by atoms with Gasteiger partial charge in [-0.1, -0.05) is 19.3 Å². The first-order valence-electron chi connectivity index (χ1n) is 8.69. The molecule has 0 spiro atoms. The molecule has 2 aliphatic rings. The summed E-state index contributed by atoms with van der Waals surface area (Å²) in [7, 11) is 1.81. The number of methoxy groups -OCH3 is 1. The van der Waals surface area contributed by atoms with Crippen LogP contribution in [0.4, 0.5) is 5.13 Å². The van der Waals surface area contributed by atoms with Gasteiger partial charge >= 0.3 is 0 Å². The van der Waals surface area contributed by atoms with Crippen LogP contribution < -0.4 is 10.2 Å². The molecule has 128 valence electrons. The number of aromatic nitrogens is 1. The molecule has 5 nitrogen and oxygen atoms in total. The number of hydrogen-bond donors (Lipinski definition) is 1. The second-order valence-corrected chi connectivity index (χ2v) is 7.48. The van der Waals surface area contributed by atoms with E-state index >= 15 is 0 Å². The van der Waals surface area contributed by atoms with Gasteiger partial charge in [0.05, 0.1) is 11.8 Å². The maximum absolute atomic E-state index is 11.8. The summed E-state index contributed by atoms with van der Waals surface area (Å²) in [6.45, 7) is 2.38. The molecule has 0 radical (unpaired) electrons. The van der Waals surface area contributed by atoms with Gasteiger partial charge in [0.25, 0.3) is 0 Å². The van der Waals surface area contributed by atoms with Gasteiger partial charge in [0.1, 0.15) is 0 Å². The van der Waals surface area contributed by atoms with Gasteiger partial charge in [-0.15, -0.1) is 11.3 Å². The van der Waals surface area contributed by atoms with Crippen molar-refractivity contribution in [2.75, 3.05) is 12.0 Å². The summed E-state index contributed by atoms with van der Waals surface area (Å²) in [5.74, 6) is 0.101. The van der Waals surface area contributed by atoms with Crippen LogP contribution in [0.3, 0.4) is 0 Å². The second-order valence-electron chi connectivity index (χ2n) is 6.64. The molecule has 1 aromatic heterocycles. The van der Waals surface area contributed by atoms with Crippen LogP contribution in [-0.4, -0.2) is 36.2 Å². The lowest BCUT2D eigenvalue weighted by molar-refractivity contribution is -0.116. The largest absolute Gasteiger partial charge is 0.380 e. The lowest BCUT2D eigenvalue weighted by Crippen LogP contribution is -2.39. The molecule has 6 heteroatoms. The van der Waals surface area contributed by atoms with E-state index in [1.54, 1.807) is 18.3 Å². The van der Waals surface area contributed by atoms with Gasteiger partial charge in [-0.05, 0) is 25.7 Å². The molecule has 2 atom stereocenters. The van der Waals surface area contributed by atoms with Crippen LogP contribution in [0.5, 0.6) is 0 Å². The molecule has 23 heavy (non-hydrogen) atoms. The van der Waals surface area contributed by atoms with Crippen molar-refractivity contribution in [2.24, 2.45) is 0 Å². The Morgan fingerprint density at radius 2 is 2.13 bits per heavy atom. The molecule has 0 aromatic carbocycles. The molecule has 1 amide bonds. The van der Waals surface area contributed by atoms with Crippen molar-refractivity contribution < 1.29 is 9.53 Å². The fourth-order valence-corrected chi connectivity index (χ4v) is 4.33. The van der Waals surface area contributed by atoms with Crippen LogP contribution in [0.2, 0.25) is 0 Å². The molecular formula is C17H27N3O2S. The smallest absolute Gasteiger partial charge is 0.225 e. The van der Waals surface area contributed by atoms with Gasteiger partial charge in [0.2, 0.25) is 5.91 Å². The number of rotatable bonds is 6. The van der Waals surface area contributed by atoms with Gasteiger partial charge < -0.3 is 10.1 Å². The summed E-state index contributed by atoms with van der Waals surface area (Å²) < 4.78 is 5.65. The Balaban J connectivity index is 1.59. The Hall–Kier alpha value is -0.980. The zero-order chi connectivity index (χ0) is 16.2. The standard InChI is InChI=1S/C17H27N3O2S/c1-12(21)20(14-8-9-14)17-19-13(11-23-17)10-18-15-6-4-3-5-7-16(15)22-2/h11,14-16,18H,3-10H2,1-2H3. The molecule has 1 N–H and O–H groups in total. The van der Waals surface area contributed by atoms with Crippen molar-refractivity contribution in [1.82, 2.24) is 10.3 Å². The average Bonchev–Trinajstić information content (AvgIpc) is 3.29. The van der Waals surface area contributed by atoms with Crippen molar-refractivity contribution >= 4 is 22.4 Å². The van der Waals surface area contributed by atoms with Crippen LogP contribution in [0.25, 0.3) is 0 Å². The fourth-order valence-electron chi connectivity index (χ4n) is 3.39. The zero-order valence-electron chi connectivity index (χ0n) is 14.1. The first-order chi connectivity index (χ1) is 11.2. The summed E-state index contributed by atoms with van der Waals surface area (Å²) in [6.07, 6.45) is 8.62. The number of nitrogens with one attached hydrogen (secondary N) is 1. The molecule has 1 aromatic rings. The number of hydrogen-bond acceptors (Lipinski definition) is 5. The minimum Gasteiger partial charge on any atom is -0.380 e. The Bertz CT molecular complexity index is 530. The van der Waals surface area contributed by atoms with E-state index in [-0.39, 0.29) is 5.91 Å². The van der Waals surface area contributed by atoms with E-state index in [0.29, 0.717) is 18.2 Å². The van der Waals surface area contributed by atoms with E-state index in [1.807, 2.05) is 12.0 Å². The Labute approximate surface area is 142 Å². The average molecular weight is 337 g/mol. The van der Waals surface area contributed by atoms with E-state index in [0.717, 1.165) is 43.1 Å². The maximum atomic E-state index is 11.8. The molecule has 2 unspecified atom stereocenters. The summed E-state index contributed by atoms with van der Waals surface area (Å²) in [5, 5.41) is 6.54. The van der Waals surface area contributed by atoms with Crippen molar-refractivity contribution in [3.63, 3.8) is 0 Å². The van der Waals surface area contributed by atoms with E-state index in [4.69, 9.17) is 4.74 Å². The number of thiazole rings is 1. The predicted octanol–water partition coefficient (Wildman–Crippen LogP) is 3.10. The topological polar surface area (TPSA) is 54.5 Å². The highest BCUT2D eigenvalue weighted by Crippen LogP contribution is 2.33. The number of carbonyl (C=O) groups is 1.